The number of methoxy groups -OCH3 is 1. The normalized spacial score (nSPS) is 10.2. The van der Waals surface area contributed by atoms with Crippen LogP contribution in [0.1, 0.15) is 71.1 Å². The number of ether oxygens (including phenoxy) is 2. The third kappa shape index (κ3) is 11.7. The van der Waals surface area contributed by atoms with Crippen LogP contribution >= 0.6 is 0 Å². The molecule has 0 radical (unpaired) electrons. The number of carbonyl (C=O) groups is 2. The van der Waals surface area contributed by atoms with Crippen molar-refractivity contribution in [3.63, 3.8) is 0 Å². The van der Waals surface area contributed by atoms with Crippen molar-refractivity contribution in [2.45, 2.75) is 71.1 Å². The largest absolute Gasteiger partial charge is 0.461 e. The zero-order chi connectivity index (χ0) is 14.3. The second kappa shape index (κ2) is 13.4. The monoisotopic (exact) mass is 272 g/mol. The minimum Gasteiger partial charge on any atom is -0.461 e. The summed E-state index contributed by atoms with van der Waals surface area (Å²) in [6.07, 6.45) is 12.3. The van der Waals surface area contributed by atoms with Crippen molar-refractivity contribution in [3.05, 3.63) is 0 Å². The van der Waals surface area contributed by atoms with Gasteiger partial charge in [0.25, 0.3) is 0 Å². The van der Waals surface area contributed by atoms with Gasteiger partial charge in [0, 0.05) is 0 Å². The van der Waals surface area contributed by atoms with Crippen molar-refractivity contribution in [1.82, 2.24) is 0 Å². The summed E-state index contributed by atoms with van der Waals surface area (Å²) in [6.45, 7) is 2.54. The van der Waals surface area contributed by atoms with Crippen molar-refractivity contribution in [1.29, 1.82) is 0 Å². The van der Waals surface area contributed by atoms with E-state index in [-0.39, 0.29) is 0 Å². The predicted octanol–water partition coefficient (Wildman–Crippen LogP) is 3.62. The van der Waals surface area contributed by atoms with Crippen LogP contribution in [0.2, 0.25) is 0 Å². The molecule has 0 saturated carbocycles. The highest BCUT2D eigenvalue weighted by molar-refractivity contribution is 6.29. The molecule has 4 nitrogen and oxygen atoms in total. The molecule has 0 fully saturated rings. The van der Waals surface area contributed by atoms with E-state index in [1.165, 1.54) is 58.5 Å². The van der Waals surface area contributed by atoms with Crippen molar-refractivity contribution in [2.24, 2.45) is 0 Å². The third-order valence-corrected chi connectivity index (χ3v) is 3.08. The lowest BCUT2D eigenvalue weighted by molar-refractivity contribution is -0.165. The van der Waals surface area contributed by atoms with Crippen LogP contribution in [-0.2, 0) is 19.1 Å². The Morgan fingerprint density at radius 3 is 1.68 bits per heavy atom. The first-order valence-corrected chi connectivity index (χ1v) is 7.47. The van der Waals surface area contributed by atoms with Crippen molar-refractivity contribution < 1.29 is 19.1 Å². The number of esters is 2. The molecule has 0 N–H and O–H groups in total. The standard InChI is InChI=1S/C15H28O4/c1-3-4-5-6-7-8-9-10-11-12-13-19-15(17)14(16)18-2/h3-13H2,1-2H3. The van der Waals surface area contributed by atoms with Crippen molar-refractivity contribution in [2.75, 3.05) is 13.7 Å². The molecule has 0 spiro atoms. The molecule has 0 aliphatic carbocycles. The van der Waals surface area contributed by atoms with Gasteiger partial charge in [0.2, 0.25) is 0 Å². The summed E-state index contributed by atoms with van der Waals surface area (Å²) in [6, 6.07) is 0. The van der Waals surface area contributed by atoms with Gasteiger partial charge in [-0.2, -0.15) is 0 Å². The number of hydrogen-bond donors (Lipinski definition) is 0. The highest BCUT2D eigenvalue weighted by atomic mass is 16.6. The molecule has 0 aliphatic rings. The topological polar surface area (TPSA) is 52.6 Å². The number of hydrogen-bond acceptors (Lipinski definition) is 4. The SMILES string of the molecule is CCCCCCCCCCCCOC(=O)C(=O)OC. The molecule has 0 aliphatic heterocycles. The molecule has 112 valence electrons. The lowest BCUT2D eigenvalue weighted by Crippen LogP contribution is -2.19. The van der Waals surface area contributed by atoms with E-state index < -0.39 is 11.9 Å². The van der Waals surface area contributed by atoms with Crippen LogP contribution in [-0.4, -0.2) is 25.7 Å². The maximum atomic E-state index is 10.9. The zero-order valence-electron chi connectivity index (χ0n) is 12.4. The zero-order valence-corrected chi connectivity index (χ0v) is 12.4. The molecule has 0 aromatic rings. The molecule has 0 atom stereocenters. The Kier molecular flexibility index (Phi) is 12.6. The van der Waals surface area contributed by atoms with Crippen LogP contribution in [0.25, 0.3) is 0 Å². The van der Waals surface area contributed by atoms with Gasteiger partial charge in [0.1, 0.15) is 0 Å². The lowest BCUT2D eigenvalue weighted by Gasteiger charge is -2.03. The molecule has 0 amide bonds. The van der Waals surface area contributed by atoms with E-state index in [4.69, 9.17) is 4.74 Å². The molecule has 0 rings (SSSR count). The molecule has 0 heterocycles. The Bertz CT molecular complexity index is 238. The van der Waals surface area contributed by atoms with E-state index in [0.29, 0.717) is 6.61 Å². The van der Waals surface area contributed by atoms with Crippen LogP contribution in [0.4, 0.5) is 0 Å². The van der Waals surface area contributed by atoms with E-state index in [1.54, 1.807) is 0 Å². The maximum Gasteiger partial charge on any atom is 0.417 e. The molecule has 0 aromatic heterocycles. The van der Waals surface area contributed by atoms with Gasteiger partial charge in [-0.05, 0) is 6.42 Å². The Balaban J connectivity index is 3.15. The molecule has 0 unspecified atom stereocenters. The highest BCUT2D eigenvalue weighted by Crippen LogP contribution is 2.10. The first-order chi connectivity index (χ1) is 9.22. The lowest BCUT2D eigenvalue weighted by atomic mass is 10.1. The summed E-state index contributed by atoms with van der Waals surface area (Å²) < 4.78 is 9.00. The second-order valence-electron chi connectivity index (χ2n) is 4.81. The van der Waals surface area contributed by atoms with Crippen molar-refractivity contribution >= 4 is 11.9 Å². The Hall–Kier alpha value is -1.06. The van der Waals surface area contributed by atoms with Crippen molar-refractivity contribution in [3.8, 4) is 0 Å². The van der Waals surface area contributed by atoms with Gasteiger partial charge in [0.05, 0.1) is 13.7 Å². The molecule has 19 heavy (non-hydrogen) atoms. The third-order valence-electron chi connectivity index (χ3n) is 3.08. The van der Waals surface area contributed by atoms with E-state index in [0.717, 1.165) is 12.8 Å². The van der Waals surface area contributed by atoms with Gasteiger partial charge >= 0.3 is 11.9 Å². The molecule has 0 aromatic carbocycles. The fraction of sp³-hybridized carbons (Fsp3) is 0.867. The Morgan fingerprint density at radius 1 is 0.737 bits per heavy atom. The minimum absolute atomic E-state index is 0.310. The summed E-state index contributed by atoms with van der Waals surface area (Å²) in [5.74, 6) is -1.81. The van der Waals surface area contributed by atoms with E-state index in [1.807, 2.05) is 0 Å². The molecule has 4 heteroatoms. The molecular formula is C15H28O4. The summed E-state index contributed by atoms with van der Waals surface area (Å²) in [4.78, 5) is 21.7. The Morgan fingerprint density at radius 2 is 1.21 bits per heavy atom. The summed E-state index contributed by atoms with van der Waals surface area (Å²) in [5, 5.41) is 0. The summed E-state index contributed by atoms with van der Waals surface area (Å²) >= 11 is 0. The average Bonchev–Trinajstić information content (AvgIpc) is 2.43. The predicted molar refractivity (Wildman–Crippen MR) is 74.8 cm³/mol. The van der Waals surface area contributed by atoms with Gasteiger partial charge in [-0.25, -0.2) is 9.59 Å². The number of carbonyl (C=O) groups excluding carboxylic acids is 2. The van der Waals surface area contributed by atoms with Crippen LogP contribution in [0.15, 0.2) is 0 Å². The molecular weight excluding hydrogens is 244 g/mol. The van der Waals surface area contributed by atoms with Crippen LogP contribution in [0.5, 0.6) is 0 Å². The van der Waals surface area contributed by atoms with Crippen LogP contribution in [0, 0.1) is 0 Å². The van der Waals surface area contributed by atoms with Crippen LogP contribution < -0.4 is 0 Å². The van der Waals surface area contributed by atoms with E-state index in [9.17, 15) is 9.59 Å². The van der Waals surface area contributed by atoms with Crippen LogP contribution in [0.3, 0.4) is 0 Å². The fourth-order valence-corrected chi connectivity index (χ4v) is 1.90. The smallest absolute Gasteiger partial charge is 0.417 e. The quantitative estimate of drug-likeness (QED) is 0.327. The summed E-state index contributed by atoms with van der Waals surface area (Å²) in [5.41, 5.74) is 0. The number of rotatable bonds is 11. The molecule has 0 saturated heterocycles. The van der Waals surface area contributed by atoms with E-state index in [2.05, 4.69) is 11.7 Å². The number of unbranched alkanes of at least 4 members (excludes halogenated alkanes) is 9. The summed E-state index contributed by atoms with van der Waals surface area (Å²) in [7, 11) is 1.17. The first kappa shape index (κ1) is 17.9. The van der Waals surface area contributed by atoms with Gasteiger partial charge in [-0.3, -0.25) is 0 Å². The van der Waals surface area contributed by atoms with Gasteiger partial charge in [-0.1, -0.05) is 64.7 Å². The first-order valence-electron chi connectivity index (χ1n) is 7.47. The van der Waals surface area contributed by atoms with E-state index >= 15 is 0 Å². The maximum absolute atomic E-state index is 10.9. The van der Waals surface area contributed by atoms with Gasteiger partial charge < -0.3 is 9.47 Å². The highest BCUT2D eigenvalue weighted by Gasteiger charge is 2.14. The van der Waals surface area contributed by atoms with Gasteiger partial charge in [0.15, 0.2) is 0 Å². The average molecular weight is 272 g/mol. The van der Waals surface area contributed by atoms with Gasteiger partial charge in [-0.15, -0.1) is 0 Å². The minimum atomic E-state index is -0.924. The second-order valence-corrected chi connectivity index (χ2v) is 4.81. The molecule has 0 bridgehead atoms. The fourth-order valence-electron chi connectivity index (χ4n) is 1.90. The Labute approximate surface area is 116 Å².